The fraction of sp³-hybridized carbons (Fsp3) is 0.333. The van der Waals surface area contributed by atoms with Gasteiger partial charge in [0.15, 0.2) is 6.61 Å². The Labute approximate surface area is 159 Å². The third kappa shape index (κ3) is 6.33. The monoisotopic (exact) mass is 370 g/mol. The summed E-state index contributed by atoms with van der Waals surface area (Å²) in [6.45, 7) is 4.01. The predicted octanol–water partition coefficient (Wildman–Crippen LogP) is 3.63. The molecule has 0 fully saturated rings. The molecule has 2 aromatic rings. The molecule has 27 heavy (non-hydrogen) atoms. The van der Waals surface area contributed by atoms with Crippen LogP contribution in [0.2, 0.25) is 0 Å². The Kier molecular flexibility index (Phi) is 7.67. The van der Waals surface area contributed by atoms with Crippen LogP contribution in [0.25, 0.3) is 0 Å². The Bertz CT molecular complexity index is 759. The van der Waals surface area contributed by atoms with Crippen molar-refractivity contribution in [1.29, 1.82) is 0 Å². The Morgan fingerprint density at radius 3 is 2.44 bits per heavy atom. The molecule has 0 aliphatic heterocycles. The number of ether oxygens (including phenoxy) is 2. The summed E-state index contributed by atoms with van der Waals surface area (Å²) >= 11 is 0. The van der Waals surface area contributed by atoms with Crippen molar-refractivity contribution in [3.63, 3.8) is 0 Å². The molecule has 2 N–H and O–H groups in total. The van der Waals surface area contributed by atoms with Crippen LogP contribution in [0.15, 0.2) is 48.5 Å². The number of amides is 2. The molecule has 6 nitrogen and oxygen atoms in total. The van der Waals surface area contributed by atoms with E-state index in [4.69, 9.17) is 9.47 Å². The van der Waals surface area contributed by atoms with Crippen molar-refractivity contribution in [3.8, 4) is 11.5 Å². The summed E-state index contributed by atoms with van der Waals surface area (Å²) in [5.41, 5.74) is 1.08. The van der Waals surface area contributed by atoms with Gasteiger partial charge in [-0.05, 0) is 49.7 Å². The van der Waals surface area contributed by atoms with Gasteiger partial charge < -0.3 is 20.1 Å². The van der Waals surface area contributed by atoms with Gasteiger partial charge in [-0.3, -0.25) is 9.59 Å². The maximum Gasteiger partial charge on any atom is 0.259 e. The number of nitrogens with one attached hydrogen (secondary N) is 2. The summed E-state index contributed by atoms with van der Waals surface area (Å²) in [5.74, 6) is 0.664. The number of carbonyl (C=O) groups is 2. The lowest BCUT2D eigenvalue weighted by Crippen LogP contribution is -2.35. The normalized spacial score (nSPS) is 11.4. The third-order valence-corrected chi connectivity index (χ3v) is 3.96. The summed E-state index contributed by atoms with van der Waals surface area (Å²) < 4.78 is 10.7. The quantitative estimate of drug-likeness (QED) is 0.707. The van der Waals surface area contributed by atoms with Gasteiger partial charge in [0, 0.05) is 11.7 Å². The highest BCUT2D eigenvalue weighted by Crippen LogP contribution is 2.20. The molecule has 0 radical (unpaired) electrons. The zero-order chi connectivity index (χ0) is 19.6. The lowest BCUT2D eigenvalue weighted by atomic mass is 10.2. The minimum Gasteiger partial charge on any atom is -0.496 e. The Morgan fingerprint density at radius 1 is 1.07 bits per heavy atom. The van der Waals surface area contributed by atoms with Gasteiger partial charge in [0.05, 0.1) is 12.7 Å². The average Bonchev–Trinajstić information content (AvgIpc) is 2.67. The molecule has 0 aliphatic rings. The number of anilines is 1. The van der Waals surface area contributed by atoms with Crippen molar-refractivity contribution in [3.05, 3.63) is 54.1 Å². The first-order chi connectivity index (χ1) is 13.0. The van der Waals surface area contributed by atoms with Crippen molar-refractivity contribution in [2.24, 2.45) is 0 Å². The van der Waals surface area contributed by atoms with E-state index in [1.54, 1.807) is 48.5 Å². The third-order valence-electron chi connectivity index (χ3n) is 3.96. The van der Waals surface area contributed by atoms with E-state index in [2.05, 4.69) is 17.6 Å². The van der Waals surface area contributed by atoms with Gasteiger partial charge in [0.2, 0.25) is 0 Å². The molecule has 2 amide bonds. The van der Waals surface area contributed by atoms with E-state index in [0.29, 0.717) is 22.7 Å². The number of methoxy groups -OCH3 is 1. The second-order valence-corrected chi connectivity index (χ2v) is 6.22. The smallest absolute Gasteiger partial charge is 0.259 e. The summed E-state index contributed by atoms with van der Waals surface area (Å²) in [4.78, 5) is 24.2. The van der Waals surface area contributed by atoms with E-state index in [9.17, 15) is 9.59 Å². The van der Waals surface area contributed by atoms with Gasteiger partial charge in [-0.25, -0.2) is 0 Å². The first-order valence-electron chi connectivity index (χ1n) is 9.00. The summed E-state index contributed by atoms with van der Waals surface area (Å²) in [6, 6.07) is 14.0. The van der Waals surface area contributed by atoms with Crippen LogP contribution in [0.3, 0.4) is 0 Å². The van der Waals surface area contributed by atoms with E-state index in [1.165, 1.54) is 7.11 Å². The second-order valence-electron chi connectivity index (χ2n) is 6.22. The molecular weight excluding hydrogens is 344 g/mol. The molecule has 1 unspecified atom stereocenters. The highest BCUT2D eigenvalue weighted by molar-refractivity contribution is 6.06. The molecule has 0 aromatic heterocycles. The molecule has 0 saturated heterocycles. The van der Waals surface area contributed by atoms with E-state index in [1.807, 2.05) is 6.92 Å². The molecule has 0 spiro atoms. The van der Waals surface area contributed by atoms with Crippen molar-refractivity contribution in [2.75, 3.05) is 19.0 Å². The fourth-order valence-electron chi connectivity index (χ4n) is 2.64. The van der Waals surface area contributed by atoms with Crippen LogP contribution in [-0.2, 0) is 4.79 Å². The summed E-state index contributed by atoms with van der Waals surface area (Å²) in [5, 5.41) is 5.70. The minimum absolute atomic E-state index is 0.0407. The maximum absolute atomic E-state index is 12.4. The van der Waals surface area contributed by atoms with Crippen molar-refractivity contribution in [1.82, 2.24) is 5.32 Å². The molecule has 0 heterocycles. The Morgan fingerprint density at radius 2 is 1.78 bits per heavy atom. The zero-order valence-corrected chi connectivity index (χ0v) is 16.0. The van der Waals surface area contributed by atoms with Crippen molar-refractivity contribution < 1.29 is 19.1 Å². The highest BCUT2D eigenvalue weighted by Gasteiger charge is 2.12. The summed E-state index contributed by atoms with van der Waals surface area (Å²) in [6.07, 6.45) is 1.96. The number of carbonyl (C=O) groups excluding carboxylic acids is 2. The molecular formula is C21H26N2O4. The topological polar surface area (TPSA) is 76.7 Å². The fourth-order valence-corrected chi connectivity index (χ4v) is 2.64. The molecule has 2 aromatic carbocycles. The molecule has 144 valence electrons. The van der Waals surface area contributed by atoms with Crippen LogP contribution in [0, 0.1) is 0 Å². The Balaban J connectivity index is 1.88. The summed E-state index contributed by atoms with van der Waals surface area (Å²) in [7, 11) is 1.53. The second kappa shape index (κ2) is 10.2. The lowest BCUT2D eigenvalue weighted by molar-refractivity contribution is -0.123. The van der Waals surface area contributed by atoms with Gasteiger partial charge in [0.1, 0.15) is 11.5 Å². The van der Waals surface area contributed by atoms with E-state index in [-0.39, 0.29) is 24.5 Å². The first-order valence-corrected chi connectivity index (χ1v) is 9.00. The molecule has 0 bridgehead atoms. The van der Waals surface area contributed by atoms with Gasteiger partial charge in [-0.1, -0.05) is 25.5 Å². The Hall–Kier alpha value is -3.02. The minimum atomic E-state index is -0.259. The molecule has 1 atom stereocenters. The number of benzene rings is 2. The van der Waals surface area contributed by atoms with Gasteiger partial charge in [0.25, 0.3) is 11.8 Å². The standard InChI is InChI=1S/C21H26N2O4/c1-4-7-15(2)22-20(24)14-27-17-12-10-16(11-13-17)23-21(25)18-8-5-6-9-19(18)26-3/h5-6,8-13,15H,4,7,14H2,1-3H3,(H,22,24)(H,23,25). The van der Waals surface area contributed by atoms with Crippen LogP contribution in [-0.4, -0.2) is 31.6 Å². The molecule has 0 aliphatic carbocycles. The first kappa shape index (κ1) is 20.3. The van der Waals surface area contributed by atoms with Crippen molar-refractivity contribution >= 4 is 17.5 Å². The molecule has 2 rings (SSSR count). The van der Waals surface area contributed by atoms with Crippen LogP contribution in [0.4, 0.5) is 5.69 Å². The highest BCUT2D eigenvalue weighted by atomic mass is 16.5. The van der Waals surface area contributed by atoms with E-state index >= 15 is 0 Å². The largest absolute Gasteiger partial charge is 0.496 e. The van der Waals surface area contributed by atoms with Crippen LogP contribution < -0.4 is 20.1 Å². The maximum atomic E-state index is 12.4. The van der Waals surface area contributed by atoms with Gasteiger partial charge in [-0.15, -0.1) is 0 Å². The number of para-hydroxylation sites is 1. The molecule has 0 saturated carbocycles. The number of rotatable bonds is 9. The zero-order valence-electron chi connectivity index (χ0n) is 16.0. The van der Waals surface area contributed by atoms with E-state index < -0.39 is 0 Å². The lowest BCUT2D eigenvalue weighted by Gasteiger charge is -2.13. The average molecular weight is 370 g/mol. The van der Waals surface area contributed by atoms with Crippen LogP contribution in [0.1, 0.15) is 37.0 Å². The number of hydrogen-bond acceptors (Lipinski definition) is 4. The van der Waals surface area contributed by atoms with Crippen LogP contribution >= 0.6 is 0 Å². The molecule has 6 heteroatoms. The van der Waals surface area contributed by atoms with Gasteiger partial charge >= 0.3 is 0 Å². The van der Waals surface area contributed by atoms with Gasteiger partial charge in [-0.2, -0.15) is 0 Å². The number of hydrogen-bond donors (Lipinski definition) is 2. The van der Waals surface area contributed by atoms with Crippen LogP contribution in [0.5, 0.6) is 11.5 Å². The SMILES string of the molecule is CCCC(C)NC(=O)COc1ccc(NC(=O)c2ccccc2OC)cc1. The van der Waals surface area contributed by atoms with E-state index in [0.717, 1.165) is 12.8 Å². The van der Waals surface area contributed by atoms with Crippen molar-refractivity contribution in [2.45, 2.75) is 32.7 Å². The predicted molar refractivity (Wildman–Crippen MR) is 105 cm³/mol.